The van der Waals surface area contributed by atoms with Gasteiger partial charge in [0.15, 0.2) is 0 Å². The molecule has 0 aromatic heterocycles. The molecule has 0 fully saturated rings. The maximum absolute atomic E-state index is 12.2. The van der Waals surface area contributed by atoms with E-state index in [1.165, 1.54) is 0 Å². The number of benzene rings is 1. The summed E-state index contributed by atoms with van der Waals surface area (Å²) in [6, 6.07) is 7.08. The number of nitrogens with one attached hydrogen (secondary N) is 1. The van der Waals surface area contributed by atoms with Gasteiger partial charge in [-0.1, -0.05) is 33.1 Å². The summed E-state index contributed by atoms with van der Waals surface area (Å²) in [6.45, 7) is 4.67. The Hall–Kier alpha value is -0.830. The molecule has 1 rings (SSSR count). The Kier molecular flexibility index (Phi) is 9.04. The van der Waals surface area contributed by atoms with Gasteiger partial charge in [0.2, 0.25) is 15.9 Å². The van der Waals surface area contributed by atoms with E-state index in [2.05, 4.69) is 41.8 Å². The molecule has 24 heavy (non-hydrogen) atoms. The van der Waals surface area contributed by atoms with Crippen LogP contribution in [-0.2, 0) is 14.8 Å². The number of sulfonamides is 1. The van der Waals surface area contributed by atoms with Crippen molar-refractivity contribution in [1.29, 1.82) is 0 Å². The number of unbranched alkanes of at least 4 members (excludes halogenated alkanes) is 1. The number of amides is 1. The van der Waals surface area contributed by atoms with Gasteiger partial charge in [0.1, 0.15) is 6.54 Å². The van der Waals surface area contributed by atoms with Crippen molar-refractivity contribution in [1.82, 2.24) is 5.32 Å². The van der Waals surface area contributed by atoms with E-state index in [9.17, 15) is 13.2 Å². The molecule has 1 atom stereocenters. The van der Waals surface area contributed by atoms with E-state index < -0.39 is 10.0 Å². The summed E-state index contributed by atoms with van der Waals surface area (Å²) in [5.74, 6) is 0.174. The van der Waals surface area contributed by atoms with Crippen LogP contribution < -0.4 is 9.62 Å². The smallest absolute Gasteiger partial charge is 0.240 e. The van der Waals surface area contributed by atoms with Crippen LogP contribution >= 0.6 is 22.6 Å². The molecule has 1 aromatic carbocycles. The number of rotatable bonds is 10. The summed E-state index contributed by atoms with van der Waals surface area (Å²) >= 11 is 2.15. The van der Waals surface area contributed by atoms with E-state index >= 15 is 0 Å². The molecule has 0 bridgehead atoms. The molecule has 5 nitrogen and oxygen atoms in total. The minimum absolute atomic E-state index is 0.191. The number of halogens is 1. The quantitative estimate of drug-likeness (QED) is 0.538. The number of hydrogen-bond donors (Lipinski definition) is 1. The van der Waals surface area contributed by atoms with Gasteiger partial charge in [0.25, 0.3) is 0 Å². The summed E-state index contributed by atoms with van der Waals surface area (Å²) in [7, 11) is -3.51. The number of anilines is 1. The maximum Gasteiger partial charge on any atom is 0.240 e. The zero-order valence-electron chi connectivity index (χ0n) is 14.6. The van der Waals surface area contributed by atoms with Crippen molar-refractivity contribution >= 4 is 44.2 Å². The summed E-state index contributed by atoms with van der Waals surface area (Å²) in [6.07, 6.45) is 5.49. The summed E-state index contributed by atoms with van der Waals surface area (Å²) in [5.41, 5.74) is 0.506. The number of carbonyl (C=O) groups is 1. The summed E-state index contributed by atoms with van der Waals surface area (Å²) in [4.78, 5) is 12.2. The van der Waals surface area contributed by atoms with Gasteiger partial charge in [-0.2, -0.15) is 0 Å². The number of nitrogens with zero attached hydrogens (tertiary/aromatic N) is 1. The third-order valence-corrected chi connectivity index (χ3v) is 5.79. The van der Waals surface area contributed by atoms with Gasteiger partial charge in [0.05, 0.1) is 11.9 Å². The molecule has 0 heterocycles. The van der Waals surface area contributed by atoms with E-state index in [4.69, 9.17) is 0 Å². The highest BCUT2D eigenvalue weighted by molar-refractivity contribution is 14.1. The molecule has 136 valence electrons. The molecular weight excluding hydrogens is 439 g/mol. The molecular formula is C17H27IN2O3S. The molecule has 0 spiro atoms. The number of hydrogen-bond acceptors (Lipinski definition) is 3. The molecule has 7 heteroatoms. The first-order valence-electron chi connectivity index (χ1n) is 8.27. The molecule has 0 unspecified atom stereocenters. The lowest BCUT2D eigenvalue weighted by Gasteiger charge is -2.23. The zero-order valence-corrected chi connectivity index (χ0v) is 17.6. The van der Waals surface area contributed by atoms with E-state index in [1.807, 2.05) is 12.1 Å². The SMILES string of the molecule is CCCC[C@H](CC)CNC(=O)CN(c1ccc(I)cc1)S(C)(=O)=O. The van der Waals surface area contributed by atoms with Gasteiger partial charge in [-0.15, -0.1) is 0 Å². The molecule has 1 aromatic rings. The Morgan fingerprint density at radius 1 is 1.25 bits per heavy atom. The van der Waals surface area contributed by atoms with Crippen molar-refractivity contribution in [3.63, 3.8) is 0 Å². The van der Waals surface area contributed by atoms with Crippen molar-refractivity contribution in [3.8, 4) is 0 Å². The van der Waals surface area contributed by atoms with Crippen molar-refractivity contribution < 1.29 is 13.2 Å². The first kappa shape index (κ1) is 21.2. The van der Waals surface area contributed by atoms with Crippen molar-refractivity contribution in [2.24, 2.45) is 5.92 Å². The molecule has 0 aliphatic heterocycles. The lowest BCUT2D eigenvalue weighted by molar-refractivity contribution is -0.119. The van der Waals surface area contributed by atoms with E-state index in [-0.39, 0.29) is 12.5 Å². The first-order chi connectivity index (χ1) is 11.3. The third-order valence-electron chi connectivity index (χ3n) is 3.93. The van der Waals surface area contributed by atoms with E-state index in [0.29, 0.717) is 18.2 Å². The topological polar surface area (TPSA) is 66.5 Å². The number of carbonyl (C=O) groups excluding carboxylic acids is 1. The Labute approximate surface area is 159 Å². The highest BCUT2D eigenvalue weighted by atomic mass is 127. The minimum atomic E-state index is -3.51. The Morgan fingerprint density at radius 2 is 1.88 bits per heavy atom. The fourth-order valence-electron chi connectivity index (χ4n) is 2.40. The lowest BCUT2D eigenvalue weighted by atomic mass is 9.99. The van der Waals surface area contributed by atoms with Crippen LogP contribution in [0.5, 0.6) is 0 Å². The van der Waals surface area contributed by atoms with Gasteiger partial charge in [-0.25, -0.2) is 8.42 Å². The van der Waals surface area contributed by atoms with Crippen LogP contribution in [0.4, 0.5) is 5.69 Å². The fraction of sp³-hybridized carbons (Fsp3) is 0.588. The molecule has 0 aliphatic carbocycles. The molecule has 0 saturated carbocycles. The Balaban J connectivity index is 2.70. The minimum Gasteiger partial charge on any atom is -0.354 e. The van der Waals surface area contributed by atoms with Gasteiger partial charge < -0.3 is 5.32 Å². The average molecular weight is 466 g/mol. The van der Waals surface area contributed by atoms with Crippen molar-refractivity contribution in [2.45, 2.75) is 39.5 Å². The van der Waals surface area contributed by atoms with Crippen molar-refractivity contribution in [3.05, 3.63) is 27.8 Å². The van der Waals surface area contributed by atoms with Crippen LogP contribution in [0, 0.1) is 9.49 Å². The predicted molar refractivity (Wildman–Crippen MR) is 108 cm³/mol. The molecule has 0 aliphatic rings. The lowest BCUT2D eigenvalue weighted by Crippen LogP contribution is -2.41. The van der Waals surface area contributed by atoms with Gasteiger partial charge >= 0.3 is 0 Å². The monoisotopic (exact) mass is 466 g/mol. The zero-order chi connectivity index (χ0) is 18.2. The highest BCUT2D eigenvalue weighted by Crippen LogP contribution is 2.19. The first-order valence-corrected chi connectivity index (χ1v) is 11.2. The van der Waals surface area contributed by atoms with Crippen LogP contribution in [0.2, 0.25) is 0 Å². The van der Waals surface area contributed by atoms with E-state index in [1.54, 1.807) is 12.1 Å². The van der Waals surface area contributed by atoms with Gasteiger partial charge in [-0.3, -0.25) is 9.10 Å². The van der Waals surface area contributed by atoms with Crippen LogP contribution in [0.1, 0.15) is 39.5 Å². The second-order valence-electron chi connectivity index (χ2n) is 5.97. The summed E-state index contributed by atoms with van der Waals surface area (Å²) < 4.78 is 26.2. The van der Waals surface area contributed by atoms with Crippen LogP contribution in [-0.4, -0.2) is 33.7 Å². The average Bonchev–Trinajstić information content (AvgIpc) is 2.53. The molecule has 1 N–H and O–H groups in total. The third kappa shape index (κ3) is 7.38. The Bertz CT molecular complexity index is 617. The fourth-order valence-corrected chi connectivity index (χ4v) is 3.61. The largest absolute Gasteiger partial charge is 0.354 e. The maximum atomic E-state index is 12.2. The van der Waals surface area contributed by atoms with Gasteiger partial charge in [0, 0.05) is 10.1 Å². The highest BCUT2D eigenvalue weighted by Gasteiger charge is 2.21. The molecule has 0 saturated heterocycles. The van der Waals surface area contributed by atoms with Gasteiger partial charge in [-0.05, 0) is 59.2 Å². The molecule has 0 radical (unpaired) electrons. The van der Waals surface area contributed by atoms with E-state index in [0.717, 1.165) is 39.8 Å². The van der Waals surface area contributed by atoms with Crippen LogP contribution in [0.15, 0.2) is 24.3 Å². The van der Waals surface area contributed by atoms with Crippen LogP contribution in [0.3, 0.4) is 0 Å². The van der Waals surface area contributed by atoms with Crippen LogP contribution in [0.25, 0.3) is 0 Å². The molecule has 1 amide bonds. The Morgan fingerprint density at radius 3 is 2.38 bits per heavy atom. The normalized spacial score (nSPS) is 12.7. The second-order valence-corrected chi connectivity index (χ2v) is 9.12. The van der Waals surface area contributed by atoms with Crippen molar-refractivity contribution in [2.75, 3.05) is 23.7 Å². The second kappa shape index (κ2) is 10.2. The standard InChI is InChI=1S/C17H27IN2O3S/c1-4-6-7-14(5-2)12-19-17(21)13-20(24(3,22)23)16-10-8-15(18)9-11-16/h8-11,14H,4-7,12-13H2,1-3H3,(H,19,21)/t14-/m0/s1. The summed E-state index contributed by atoms with van der Waals surface area (Å²) in [5, 5.41) is 2.88. The predicted octanol–water partition coefficient (Wildman–Crippen LogP) is 3.39.